The summed E-state index contributed by atoms with van der Waals surface area (Å²) in [4.78, 5) is 11.1. The molecule has 0 unspecified atom stereocenters. The van der Waals surface area contributed by atoms with Gasteiger partial charge in [0, 0.05) is 59.8 Å². The topological polar surface area (TPSA) is 93.5 Å². The van der Waals surface area contributed by atoms with Gasteiger partial charge >= 0.3 is 0 Å². The lowest BCUT2D eigenvalue weighted by atomic mass is 9.85. The number of hydrogen-bond donors (Lipinski definition) is 1. The summed E-state index contributed by atoms with van der Waals surface area (Å²) in [6, 6.07) is 11.6. The molecule has 1 aliphatic rings. The molecule has 0 radical (unpaired) electrons. The highest BCUT2D eigenvalue weighted by atomic mass is 16.5. The SMILES string of the molecule is COc1cc2nncc(-c3ccc(N4CCC(O)(c5cccnc5)CC4)nc3)c2cc1OC. The van der Waals surface area contributed by atoms with Crippen LogP contribution in [0.3, 0.4) is 0 Å². The maximum atomic E-state index is 11.1. The van der Waals surface area contributed by atoms with Gasteiger partial charge in [-0.2, -0.15) is 10.2 Å². The quantitative estimate of drug-likeness (QED) is 0.500. The number of nitrogens with zero attached hydrogens (tertiary/aromatic N) is 5. The van der Waals surface area contributed by atoms with Crippen LogP contribution in [0.25, 0.3) is 22.0 Å². The molecule has 1 aliphatic heterocycles. The zero-order chi connectivity index (χ0) is 22.8. The van der Waals surface area contributed by atoms with Crippen LogP contribution in [0.15, 0.2) is 61.2 Å². The molecule has 1 fully saturated rings. The van der Waals surface area contributed by atoms with E-state index in [-0.39, 0.29) is 0 Å². The highest BCUT2D eigenvalue weighted by Crippen LogP contribution is 2.37. The maximum absolute atomic E-state index is 11.1. The van der Waals surface area contributed by atoms with Crippen LogP contribution in [-0.2, 0) is 5.60 Å². The fraction of sp³-hybridized carbons (Fsp3) is 0.280. The Morgan fingerprint density at radius 3 is 2.42 bits per heavy atom. The minimum Gasteiger partial charge on any atom is -0.493 e. The zero-order valence-electron chi connectivity index (χ0n) is 18.6. The van der Waals surface area contributed by atoms with Crippen LogP contribution < -0.4 is 14.4 Å². The molecule has 0 aliphatic carbocycles. The molecule has 0 bridgehead atoms. The largest absolute Gasteiger partial charge is 0.493 e. The Hall–Kier alpha value is -3.78. The first-order valence-corrected chi connectivity index (χ1v) is 10.8. The first-order chi connectivity index (χ1) is 16.1. The van der Waals surface area contributed by atoms with Crippen molar-refractivity contribution in [3.05, 3.63) is 66.7 Å². The van der Waals surface area contributed by atoms with E-state index in [0.29, 0.717) is 37.4 Å². The van der Waals surface area contributed by atoms with Gasteiger partial charge in [0.05, 0.1) is 31.5 Å². The number of rotatable bonds is 5. The van der Waals surface area contributed by atoms with E-state index in [2.05, 4.69) is 20.1 Å². The lowest BCUT2D eigenvalue weighted by molar-refractivity contribution is 0.0113. The van der Waals surface area contributed by atoms with Gasteiger partial charge in [-0.05, 0) is 37.1 Å². The van der Waals surface area contributed by atoms with E-state index in [1.165, 1.54) is 0 Å². The monoisotopic (exact) mass is 443 g/mol. The molecule has 5 rings (SSSR count). The first-order valence-electron chi connectivity index (χ1n) is 10.8. The van der Waals surface area contributed by atoms with E-state index in [1.54, 1.807) is 32.8 Å². The number of piperidine rings is 1. The summed E-state index contributed by atoms with van der Waals surface area (Å²) in [6.07, 6.45) is 8.32. The van der Waals surface area contributed by atoms with Crippen LogP contribution in [0.2, 0.25) is 0 Å². The van der Waals surface area contributed by atoms with E-state index < -0.39 is 5.60 Å². The number of hydrogen-bond acceptors (Lipinski definition) is 8. The molecule has 1 saturated heterocycles. The Morgan fingerprint density at radius 1 is 0.970 bits per heavy atom. The Balaban J connectivity index is 1.38. The second-order valence-electron chi connectivity index (χ2n) is 8.15. The molecule has 1 N–H and O–H groups in total. The molecule has 8 heteroatoms. The molecule has 168 valence electrons. The third-order valence-electron chi connectivity index (χ3n) is 6.32. The van der Waals surface area contributed by atoms with Gasteiger partial charge in [0.25, 0.3) is 0 Å². The molecule has 0 spiro atoms. The third kappa shape index (κ3) is 3.93. The van der Waals surface area contributed by atoms with Crippen molar-refractivity contribution in [3.63, 3.8) is 0 Å². The molecule has 0 amide bonds. The molecule has 0 atom stereocenters. The maximum Gasteiger partial charge on any atom is 0.162 e. The van der Waals surface area contributed by atoms with Gasteiger partial charge in [0.15, 0.2) is 11.5 Å². The summed E-state index contributed by atoms with van der Waals surface area (Å²) >= 11 is 0. The van der Waals surface area contributed by atoms with Crippen LogP contribution in [0, 0.1) is 0 Å². The van der Waals surface area contributed by atoms with Gasteiger partial charge in [0.2, 0.25) is 0 Å². The highest BCUT2D eigenvalue weighted by Gasteiger charge is 2.34. The van der Waals surface area contributed by atoms with Gasteiger partial charge in [0.1, 0.15) is 5.82 Å². The highest BCUT2D eigenvalue weighted by molar-refractivity contribution is 5.95. The summed E-state index contributed by atoms with van der Waals surface area (Å²) in [7, 11) is 3.21. The number of benzene rings is 1. The Bertz CT molecular complexity index is 1260. The van der Waals surface area contributed by atoms with E-state index in [4.69, 9.17) is 14.5 Å². The number of aromatic nitrogens is 4. The molecule has 33 heavy (non-hydrogen) atoms. The summed E-state index contributed by atoms with van der Waals surface area (Å²) in [6.45, 7) is 1.43. The number of aliphatic hydroxyl groups is 1. The predicted octanol–water partition coefficient (Wildman–Crippen LogP) is 3.59. The smallest absolute Gasteiger partial charge is 0.162 e. The summed E-state index contributed by atoms with van der Waals surface area (Å²) < 4.78 is 10.8. The first kappa shape index (κ1) is 21.1. The van der Waals surface area contributed by atoms with Crippen LogP contribution in [0.5, 0.6) is 11.5 Å². The molecule has 4 heterocycles. The molecule has 8 nitrogen and oxygen atoms in total. The predicted molar refractivity (Wildman–Crippen MR) is 125 cm³/mol. The Morgan fingerprint density at radius 2 is 1.76 bits per heavy atom. The fourth-order valence-corrected chi connectivity index (χ4v) is 4.38. The summed E-state index contributed by atoms with van der Waals surface area (Å²) in [5.74, 6) is 2.14. The standard InChI is InChI=1S/C25H25N5O3/c1-32-22-12-19-20(16-28-29-21(19)13-23(22)33-2)17-5-6-24(27-14-17)30-10-7-25(31,8-11-30)18-4-3-9-26-15-18/h3-6,9,12-16,31H,7-8,10-11H2,1-2H3. The Kier molecular flexibility index (Phi) is 5.51. The molecular weight excluding hydrogens is 418 g/mol. The third-order valence-corrected chi connectivity index (χ3v) is 6.32. The van der Waals surface area contributed by atoms with E-state index in [9.17, 15) is 5.11 Å². The number of pyridine rings is 2. The lowest BCUT2D eigenvalue weighted by Crippen LogP contribution is -2.43. The van der Waals surface area contributed by atoms with Crippen molar-refractivity contribution in [3.8, 4) is 22.6 Å². The minimum absolute atomic E-state index is 0.612. The van der Waals surface area contributed by atoms with Gasteiger partial charge in [-0.15, -0.1) is 0 Å². The van der Waals surface area contributed by atoms with E-state index >= 15 is 0 Å². The normalized spacial score (nSPS) is 15.4. The fourth-order valence-electron chi connectivity index (χ4n) is 4.38. The molecule has 4 aromatic rings. The lowest BCUT2D eigenvalue weighted by Gasteiger charge is -2.38. The second-order valence-corrected chi connectivity index (χ2v) is 8.15. The summed E-state index contributed by atoms with van der Waals surface area (Å²) in [5, 5.41) is 20.4. The Labute approximate surface area is 191 Å². The van der Waals surface area contributed by atoms with Crippen LogP contribution in [-0.4, -0.2) is 52.6 Å². The second kappa shape index (κ2) is 8.63. The minimum atomic E-state index is -0.841. The average molecular weight is 444 g/mol. The van der Waals surface area contributed by atoms with Crippen molar-refractivity contribution < 1.29 is 14.6 Å². The van der Waals surface area contributed by atoms with Crippen molar-refractivity contribution >= 4 is 16.7 Å². The van der Waals surface area contributed by atoms with Crippen LogP contribution in [0.4, 0.5) is 5.82 Å². The number of anilines is 1. The van der Waals surface area contributed by atoms with E-state index in [1.807, 2.05) is 42.6 Å². The van der Waals surface area contributed by atoms with Crippen LogP contribution in [0.1, 0.15) is 18.4 Å². The molecule has 1 aromatic carbocycles. The van der Waals surface area contributed by atoms with Crippen molar-refractivity contribution in [2.75, 3.05) is 32.2 Å². The number of fused-ring (bicyclic) bond motifs is 1. The molecule has 3 aromatic heterocycles. The molecular formula is C25H25N5O3. The van der Waals surface area contributed by atoms with Crippen molar-refractivity contribution in [1.82, 2.24) is 20.2 Å². The van der Waals surface area contributed by atoms with Gasteiger partial charge in [-0.3, -0.25) is 4.98 Å². The van der Waals surface area contributed by atoms with Gasteiger partial charge in [-0.1, -0.05) is 6.07 Å². The van der Waals surface area contributed by atoms with Crippen molar-refractivity contribution in [2.24, 2.45) is 0 Å². The number of ether oxygens (including phenoxy) is 2. The molecule has 0 saturated carbocycles. The number of methoxy groups -OCH3 is 2. The van der Waals surface area contributed by atoms with Crippen molar-refractivity contribution in [1.29, 1.82) is 0 Å². The van der Waals surface area contributed by atoms with Gasteiger partial charge in [-0.25, -0.2) is 4.98 Å². The van der Waals surface area contributed by atoms with Crippen molar-refractivity contribution in [2.45, 2.75) is 18.4 Å². The van der Waals surface area contributed by atoms with Gasteiger partial charge < -0.3 is 19.5 Å². The zero-order valence-corrected chi connectivity index (χ0v) is 18.6. The average Bonchev–Trinajstić information content (AvgIpc) is 2.88. The summed E-state index contributed by atoms with van der Waals surface area (Å²) in [5.41, 5.74) is 2.61. The van der Waals surface area contributed by atoms with Crippen LogP contribution >= 0.6 is 0 Å². The van der Waals surface area contributed by atoms with E-state index in [0.717, 1.165) is 33.4 Å².